The van der Waals surface area contributed by atoms with Crippen molar-refractivity contribution < 1.29 is 24.0 Å². The number of hydrogen-bond acceptors (Lipinski definition) is 7. The second-order valence-electron chi connectivity index (χ2n) is 6.51. The minimum absolute atomic E-state index is 0.120. The third-order valence-corrected chi connectivity index (χ3v) is 5.15. The van der Waals surface area contributed by atoms with Crippen LogP contribution >= 0.6 is 11.8 Å². The predicted molar refractivity (Wildman–Crippen MR) is 111 cm³/mol. The lowest BCUT2D eigenvalue weighted by atomic mass is 10.2. The van der Waals surface area contributed by atoms with Gasteiger partial charge in [0.2, 0.25) is 5.91 Å². The molecule has 0 radical (unpaired) electrons. The van der Waals surface area contributed by atoms with Crippen molar-refractivity contribution in [3.8, 4) is 5.75 Å². The van der Waals surface area contributed by atoms with Crippen molar-refractivity contribution in [3.05, 3.63) is 52.6 Å². The molecule has 11 heteroatoms. The second-order valence-corrected chi connectivity index (χ2v) is 7.54. The van der Waals surface area contributed by atoms with Gasteiger partial charge in [-0.3, -0.25) is 29.4 Å². The molecule has 0 saturated heterocycles. The summed E-state index contributed by atoms with van der Waals surface area (Å²) in [6.07, 6.45) is 0. The molecular formula is C19H18N4O6S. The topological polar surface area (TPSA) is 122 Å². The SMILES string of the molecule is CN(C)C(=O)Sc1ccc(NC(=O)CN2C(=O)COc3ccc([N+](=O)[O-])cc32)cc1. The maximum atomic E-state index is 12.5. The number of thioether (sulfide) groups is 1. The fraction of sp³-hybridized carbons (Fsp3) is 0.211. The van der Waals surface area contributed by atoms with E-state index >= 15 is 0 Å². The van der Waals surface area contributed by atoms with Crippen LogP contribution in [0.1, 0.15) is 0 Å². The van der Waals surface area contributed by atoms with Crippen molar-refractivity contribution in [2.75, 3.05) is 37.5 Å². The molecule has 3 rings (SSSR count). The standard InChI is InChI=1S/C19H18N4O6S/c1-21(2)19(26)30-14-6-3-12(4-7-14)20-17(24)10-22-15-9-13(23(27)28)5-8-16(15)29-11-18(22)25/h3-9H,10-11H2,1-2H3,(H,20,24). The summed E-state index contributed by atoms with van der Waals surface area (Å²) in [6, 6.07) is 10.5. The third kappa shape index (κ3) is 4.87. The highest BCUT2D eigenvalue weighted by molar-refractivity contribution is 8.13. The van der Waals surface area contributed by atoms with Crippen molar-refractivity contribution in [2.45, 2.75) is 4.90 Å². The fourth-order valence-electron chi connectivity index (χ4n) is 2.62. The van der Waals surface area contributed by atoms with Crippen LogP contribution in [0.4, 0.5) is 21.9 Å². The van der Waals surface area contributed by atoms with E-state index < -0.39 is 16.7 Å². The van der Waals surface area contributed by atoms with E-state index in [-0.39, 0.29) is 29.8 Å². The molecule has 30 heavy (non-hydrogen) atoms. The Morgan fingerprint density at radius 1 is 1.23 bits per heavy atom. The van der Waals surface area contributed by atoms with Gasteiger partial charge in [0.1, 0.15) is 12.3 Å². The van der Waals surface area contributed by atoms with Crippen molar-refractivity contribution >= 4 is 45.9 Å². The molecule has 2 aromatic rings. The Hall–Kier alpha value is -3.60. The maximum absolute atomic E-state index is 12.5. The number of anilines is 2. The van der Waals surface area contributed by atoms with Gasteiger partial charge in [-0.05, 0) is 42.1 Å². The molecule has 10 nitrogen and oxygen atoms in total. The summed E-state index contributed by atoms with van der Waals surface area (Å²) in [7, 11) is 3.31. The van der Waals surface area contributed by atoms with Crippen LogP contribution in [0.3, 0.4) is 0 Å². The van der Waals surface area contributed by atoms with Gasteiger partial charge < -0.3 is 15.0 Å². The van der Waals surface area contributed by atoms with Gasteiger partial charge >= 0.3 is 0 Å². The van der Waals surface area contributed by atoms with Crippen LogP contribution in [-0.4, -0.2) is 54.1 Å². The van der Waals surface area contributed by atoms with Gasteiger partial charge in [0.05, 0.1) is 10.6 Å². The van der Waals surface area contributed by atoms with Gasteiger partial charge in [-0.25, -0.2) is 0 Å². The molecule has 0 aliphatic carbocycles. The molecule has 0 atom stereocenters. The van der Waals surface area contributed by atoms with Crippen molar-refractivity contribution in [3.63, 3.8) is 0 Å². The normalized spacial score (nSPS) is 12.6. The van der Waals surface area contributed by atoms with Crippen molar-refractivity contribution in [1.29, 1.82) is 0 Å². The number of carbonyl (C=O) groups excluding carboxylic acids is 3. The number of nitrogens with zero attached hydrogens (tertiary/aromatic N) is 3. The minimum atomic E-state index is -0.585. The van der Waals surface area contributed by atoms with E-state index in [4.69, 9.17) is 4.74 Å². The summed E-state index contributed by atoms with van der Waals surface area (Å²) < 4.78 is 5.28. The summed E-state index contributed by atoms with van der Waals surface area (Å²) in [6.45, 7) is -0.587. The molecule has 0 bridgehead atoms. The van der Waals surface area contributed by atoms with E-state index in [0.717, 1.165) is 21.6 Å². The fourth-order valence-corrected chi connectivity index (χ4v) is 3.28. The Morgan fingerprint density at radius 3 is 2.57 bits per heavy atom. The zero-order valence-electron chi connectivity index (χ0n) is 16.2. The van der Waals surface area contributed by atoms with Crippen molar-refractivity contribution in [1.82, 2.24) is 4.90 Å². The molecule has 0 spiro atoms. The number of amides is 3. The van der Waals surface area contributed by atoms with E-state index in [9.17, 15) is 24.5 Å². The largest absolute Gasteiger partial charge is 0.482 e. The van der Waals surface area contributed by atoms with Gasteiger partial charge in [-0.2, -0.15) is 0 Å². The third-order valence-electron chi connectivity index (χ3n) is 4.11. The van der Waals surface area contributed by atoms with Crippen molar-refractivity contribution in [2.24, 2.45) is 0 Å². The number of ether oxygens (including phenoxy) is 1. The number of non-ortho nitro benzene ring substituents is 1. The minimum Gasteiger partial charge on any atom is -0.482 e. The Balaban J connectivity index is 1.69. The Kier molecular flexibility index (Phi) is 6.21. The number of carbonyl (C=O) groups is 3. The summed E-state index contributed by atoms with van der Waals surface area (Å²) in [4.78, 5) is 50.2. The first-order valence-corrected chi connectivity index (χ1v) is 9.57. The molecule has 0 fully saturated rings. The summed E-state index contributed by atoms with van der Waals surface area (Å²) in [5.74, 6) is -0.667. The van der Waals surface area contributed by atoms with Crippen LogP contribution in [0.15, 0.2) is 47.4 Å². The molecule has 0 saturated carbocycles. The highest BCUT2D eigenvalue weighted by Gasteiger charge is 2.29. The molecule has 1 aliphatic rings. The highest BCUT2D eigenvalue weighted by Crippen LogP contribution is 2.35. The average molecular weight is 430 g/mol. The number of benzene rings is 2. The summed E-state index contributed by atoms with van der Waals surface area (Å²) in [5.41, 5.74) is 0.448. The van der Waals surface area contributed by atoms with Crippen LogP contribution in [0.25, 0.3) is 0 Å². The number of nitrogens with one attached hydrogen (secondary N) is 1. The lowest BCUT2D eigenvalue weighted by Gasteiger charge is -2.28. The number of hydrogen-bond donors (Lipinski definition) is 1. The predicted octanol–water partition coefficient (Wildman–Crippen LogP) is 2.73. The van der Waals surface area contributed by atoms with Crippen LogP contribution in [-0.2, 0) is 9.59 Å². The zero-order chi connectivity index (χ0) is 21.8. The Morgan fingerprint density at radius 2 is 1.93 bits per heavy atom. The maximum Gasteiger partial charge on any atom is 0.285 e. The molecule has 2 aromatic carbocycles. The molecule has 1 aliphatic heterocycles. The van der Waals surface area contributed by atoms with E-state index in [1.165, 1.54) is 23.1 Å². The second kappa shape index (κ2) is 8.82. The van der Waals surface area contributed by atoms with Gasteiger partial charge in [-0.15, -0.1) is 0 Å². The van der Waals surface area contributed by atoms with E-state index in [0.29, 0.717) is 11.4 Å². The number of nitro groups is 1. The van der Waals surface area contributed by atoms with E-state index in [1.807, 2.05) is 0 Å². The molecule has 0 unspecified atom stereocenters. The molecule has 156 valence electrons. The van der Waals surface area contributed by atoms with E-state index in [2.05, 4.69) is 5.32 Å². The Bertz CT molecular complexity index is 1010. The molecule has 1 heterocycles. The Labute approximate surface area is 175 Å². The number of nitro benzene ring substituents is 1. The lowest BCUT2D eigenvalue weighted by molar-refractivity contribution is -0.384. The molecule has 3 amide bonds. The van der Waals surface area contributed by atoms with Gasteiger partial charge in [0, 0.05) is 36.8 Å². The summed E-state index contributed by atoms with van der Waals surface area (Å²) in [5, 5.41) is 13.6. The van der Waals surface area contributed by atoms with Gasteiger partial charge in [0.15, 0.2) is 6.61 Å². The van der Waals surface area contributed by atoms with Gasteiger partial charge in [0.25, 0.3) is 16.8 Å². The quantitative estimate of drug-likeness (QED) is 0.440. The van der Waals surface area contributed by atoms with Crippen LogP contribution in [0, 0.1) is 10.1 Å². The van der Waals surface area contributed by atoms with Crippen LogP contribution in [0.5, 0.6) is 5.75 Å². The zero-order valence-corrected chi connectivity index (χ0v) is 17.0. The molecule has 0 aromatic heterocycles. The van der Waals surface area contributed by atoms with Crippen LogP contribution in [0.2, 0.25) is 0 Å². The highest BCUT2D eigenvalue weighted by atomic mass is 32.2. The first-order chi connectivity index (χ1) is 14.2. The lowest BCUT2D eigenvalue weighted by Crippen LogP contribution is -2.43. The number of rotatable bonds is 5. The van der Waals surface area contributed by atoms with Crippen LogP contribution < -0.4 is 15.0 Å². The summed E-state index contributed by atoms with van der Waals surface area (Å²) >= 11 is 1.06. The molecule has 1 N–H and O–H groups in total. The first kappa shape index (κ1) is 21.1. The van der Waals surface area contributed by atoms with Gasteiger partial charge in [-0.1, -0.05) is 0 Å². The number of fused-ring (bicyclic) bond motifs is 1. The smallest absolute Gasteiger partial charge is 0.285 e. The monoisotopic (exact) mass is 430 g/mol. The average Bonchev–Trinajstić information content (AvgIpc) is 2.71. The first-order valence-electron chi connectivity index (χ1n) is 8.75. The van der Waals surface area contributed by atoms with E-state index in [1.54, 1.807) is 38.4 Å². The molecular weight excluding hydrogens is 412 g/mol.